The second-order valence-electron chi connectivity index (χ2n) is 6.14. The summed E-state index contributed by atoms with van der Waals surface area (Å²) < 4.78 is 1.81. The van der Waals surface area contributed by atoms with Crippen LogP contribution in [-0.4, -0.2) is 25.9 Å². The molecule has 0 spiro atoms. The van der Waals surface area contributed by atoms with Crippen LogP contribution in [0.2, 0.25) is 0 Å². The number of anilines is 1. The van der Waals surface area contributed by atoms with Gasteiger partial charge in [0.25, 0.3) is 5.91 Å². The second kappa shape index (κ2) is 7.59. The Bertz CT molecular complexity index is 1030. The van der Waals surface area contributed by atoms with Gasteiger partial charge >= 0.3 is 0 Å². The molecule has 0 aliphatic heterocycles. The van der Waals surface area contributed by atoms with Gasteiger partial charge in [0.1, 0.15) is 5.69 Å². The van der Waals surface area contributed by atoms with E-state index in [2.05, 4.69) is 20.6 Å². The first-order valence-corrected chi connectivity index (χ1v) is 9.62. The highest BCUT2D eigenvalue weighted by Gasteiger charge is 2.19. The molecule has 0 fully saturated rings. The van der Waals surface area contributed by atoms with E-state index in [9.17, 15) is 4.79 Å². The number of rotatable bonds is 6. The zero-order valence-corrected chi connectivity index (χ0v) is 15.7. The lowest BCUT2D eigenvalue weighted by Gasteiger charge is -2.01. The Morgan fingerprint density at radius 2 is 2.07 bits per heavy atom. The van der Waals surface area contributed by atoms with E-state index in [1.165, 1.54) is 0 Å². The van der Waals surface area contributed by atoms with Gasteiger partial charge in [-0.1, -0.05) is 43.3 Å². The van der Waals surface area contributed by atoms with Gasteiger partial charge in [-0.3, -0.25) is 14.6 Å². The number of benzene rings is 1. The third-order valence-electron chi connectivity index (χ3n) is 4.20. The average Bonchev–Trinajstić information content (AvgIpc) is 3.43. The van der Waals surface area contributed by atoms with Gasteiger partial charge in [0.05, 0.1) is 17.0 Å². The summed E-state index contributed by atoms with van der Waals surface area (Å²) in [6.45, 7) is 2.64. The summed E-state index contributed by atoms with van der Waals surface area (Å²) in [5.41, 5.74) is 3.33. The Balaban J connectivity index is 1.64. The van der Waals surface area contributed by atoms with Crippen LogP contribution in [0.3, 0.4) is 0 Å². The maximum Gasteiger partial charge on any atom is 0.260 e. The molecule has 4 rings (SSSR count). The smallest absolute Gasteiger partial charge is 0.260 e. The lowest BCUT2D eigenvalue weighted by molar-refractivity contribution is 0.102. The highest BCUT2D eigenvalue weighted by Crippen LogP contribution is 2.27. The molecule has 1 aromatic carbocycles. The van der Waals surface area contributed by atoms with E-state index >= 15 is 0 Å². The number of aromatic amines is 1. The molecular weight excluding hydrogens is 358 g/mol. The van der Waals surface area contributed by atoms with Gasteiger partial charge in [-0.15, -0.1) is 11.3 Å². The van der Waals surface area contributed by atoms with E-state index < -0.39 is 0 Å². The van der Waals surface area contributed by atoms with Gasteiger partial charge in [-0.05, 0) is 23.4 Å². The Hall–Kier alpha value is -3.19. The fourth-order valence-corrected chi connectivity index (χ4v) is 3.55. The Labute approximate surface area is 160 Å². The fraction of sp³-hybridized carbons (Fsp3) is 0.150. The van der Waals surface area contributed by atoms with Crippen molar-refractivity contribution in [2.45, 2.75) is 19.9 Å². The van der Waals surface area contributed by atoms with Crippen molar-refractivity contribution < 1.29 is 4.79 Å². The summed E-state index contributed by atoms with van der Waals surface area (Å²) in [6, 6.07) is 15.8. The van der Waals surface area contributed by atoms with Crippen molar-refractivity contribution >= 4 is 23.1 Å². The normalized spacial score (nSPS) is 10.9. The first-order chi connectivity index (χ1) is 13.2. The number of thiophene rings is 1. The SMILES string of the molecule is CCc1cc(NC(=O)c2cn(Cc3ccccc3)nc2-c2cccs2)n[nH]1. The molecule has 0 aliphatic carbocycles. The van der Waals surface area contributed by atoms with Crippen LogP contribution >= 0.6 is 11.3 Å². The summed E-state index contributed by atoms with van der Waals surface area (Å²) in [6.07, 6.45) is 2.63. The van der Waals surface area contributed by atoms with Crippen molar-refractivity contribution in [1.82, 2.24) is 20.0 Å². The highest BCUT2D eigenvalue weighted by molar-refractivity contribution is 7.13. The lowest BCUT2D eigenvalue weighted by Crippen LogP contribution is -2.12. The minimum absolute atomic E-state index is 0.216. The van der Waals surface area contributed by atoms with E-state index in [1.54, 1.807) is 22.2 Å². The molecule has 0 bridgehead atoms. The zero-order valence-electron chi connectivity index (χ0n) is 14.8. The maximum absolute atomic E-state index is 12.9. The topological polar surface area (TPSA) is 75.6 Å². The van der Waals surface area contributed by atoms with Crippen LogP contribution in [0, 0.1) is 0 Å². The molecule has 2 N–H and O–H groups in total. The minimum atomic E-state index is -0.216. The molecule has 3 heterocycles. The monoisotopic (exact) mass is 377 g/mol. The average molecular weight is 377 g/mol. The van der Waals surface area contributed by atoms with Gasteiger partial charge < -0.3 is 5.32 Å². The van der Waals surface area contributed by atoms with Crippen molar-refractivity contribution in [2.75, 3.05) is 5.32 Å². The van der Waals surface area contributed by atoms with E-state index in [-0.39, 0.29) is 5.91 Å². The van der Waals surface area contributed by atoms with Gasteiger partial charge in [0.15, 0.2) is 5.82 Å². The largest absolute Gasteiger partial charge is 0.305 e. The molecule has 0 radical (unpaired) electrons. The Morgan fingerprint density at radius 3 is 2.78 bits per heavy atom. The lowest BCUT2D eigenvalue weighted by atomic mass is 10.2. The third kappa shape index (κ3) is 3.83. The third-order valence-corrected chi connectivity index (χ3v) is 5.08. The number of amides is 1. The number of aryl methyl sites for hydroxylation is 1. The first-order valence-electron chi connectivity index (χ1n) is 8.74. The number of aromatic nitrogens is 4. The van der Waals surface area contributed by atoms with Gasteiger partial charge in [0, 0.05) is 18.0 Å². The molecule has 0 unspecified atom stereocenters. The van der Waals surface area contributed by atoms with Crippen molar-refractivity contribution in [1.29, 1.82) is 0 Å². The van der Waals surface area contributed by atoms with Crippen LogP contribution in [-0.2, 0) is 13.0 Å². The van der Waals surface area contributed by atoms with Gasteiger partial charge in [0.2, 0.25) is 0 Å². The molecule has 0 aliphatic rings. The quantitative estimate of drug-likeness (QED) is 0.529. The number of hydrogen-bond acceptors (Lipinski definition) is 4. The van der Waals surface area contributed by atoms with Crippen molar-refractivity contribution in [3.63, 3.8) is 0 Å². The predicted octanol–water partition coefficient (Wildman–Crippen LogP) is 4.20. The molecule has 136 valence electrons. The van der Waals surface area contributed by atoms with Crippen molar-refractivity contribution in [3.8, 4) is 10.6 Å². The summed E-state index contributed by atoms with van der Waals surface area (Å²) in [4.78, 5) is 13.8. The van der Waals surface area contributed by atoms with E-state index in [0.717, 1.165) is 22.6 Å². The molecule has 1 amide bonds. The molecule has 0 saturated carbocycles. The minimum Gasteiger partial charge on any atom is -0.305 e. The number of hydrogen-bond donors (Lipinski definition) is 2. The molecule has 3 aromatic heterocycles. The number of carbonyl (C=O) groups is 1. The van der Waals surface area contributed by atoms with Crippen LogP contribution in [0.25, 0.3) is 10.6 Å². The summed E-state index contributed by atoms with van der Waals surface area (Å²) >= 11 is 1.56. The molecule has 0 saturated heterocycles. The van der Waals surface area contributed by atoms with Gasteiger partial charge in [-0.2, -0.15) is 10.2 Å². The number of nitrogens with one attached hydrogen (secondary N) is 2. The van der Waals surface area contributed by atoms with Crippen molar-refractivity contribution in [2.24, 2.45) is 0 Å². The van der Waals surface area contributed by atoms with Crippen LogP contribution < -0.4 is 5.32 Å². The van der Waals surface area contributed by atoms with Crippen LogP contribution in [0.5, 0.6) is 0 Å². The zero-order chi connectivity index (χ0) is 18.6. The summed E-state index contributed by atoms with van der Waals surface area (Å²) in [5.74, 6) is 0.302. The van der Waals surface area contributed by atoms with Crippen LogP contribution in [0.1, 0.15) is 28.5 Å². The fourth-order valence-electron chi connectivity index (χ4n) is 2.82. The summed E-state index contributed by atoms with van der Waals surface area (Å²) in [5, 5.41) is 16.6. The standard InChI is InChI=1S/C20H19N5OS/c1-2-15-11-18(23-22-15)21-20(26)16-13-25(12-14-7-4-3-5-8-14)24-19(16)17-9-6-10-27-17/h3-11,13H,2,12H2,1H3,(H2,21,22,23,26). The van der Waals surface area contributed by atoms with E-state index in [4.69, 9.17) is 0 Å². The molecule has 4 aromatic rings. The Morgan fingerprint density at radius 1 is 1.22 bits per heavy atom. The van der Waals surface area contributed by atoms with Crippen LogP contribution in [0.4, 0.5) is 5.82 Å². The number of nitrogens with zero attached hydrogens (tertiary/aromatic N) is 3. The summed E-state index contributed by atoms with van der Waals surface area (Å²) in [7, 11) is 0. The van der Waals surface area contributed by atoms with Crippen molar-refractivity contribution in [3.05, 3.63) is 76.9 Å². The van der Waals surface area contributed by atoms with E-state index in [0.29, 0.717) is 23.6 Å². The molecule has 6 nitrogen and oxygen atoms in total. The highest BCUT2D eigenvalue weighted by atomic mass is 32.1. The Kier molecular flexibility index (Phi) is 4.84. The number of carbonyl (C=O) groups excluding carboxylic acids is 1. The van der Waals surface area contributed by atoms with E-state index in [1.807, 2.05) is 60.8 Å². The predicted molar refractivity (Wildman–Crippen MR) is 107 cm³/mol. The maximum atomic E-state index is 12.9. The first kappa shape index (κ1) is 17.2. The molecular formula is C20H19N5OS. The molecule has 7 heteroatoms. The second-order valence-corrected chi connectivity index (χ2v) is 7.09. The number of H-pyrrole nitrogens is 1. The van der Waals surface area contributed by atoms with Gasteiger partial charge in [-0.25, -0.2) is 0 Å². The molecule has 27 heavy (non-hydrogen) atoms. The molecule has 0 atom stereocenters. The van der Waals surface area contributed by atoms with Crippen LogP contribution in [0.15, 0.2) is 60.1 Å².